The second-order valence-electron chi connectivity index (χ2n) is 10.6. The van der Waals surface area contributed by atoms with Crippen molar-refractivity contribution in [2.45, 2.75) is 32.1 Å². The van der Waals surface area contributed by atoms with Gasteiger partial charge in [-0.25, -0.2) is 10.3 Å². The van der Waals surface area contributed by atoms with Crippen molar-refractivity contribution in [2.75, 3.05) is 49.6 Å². The molecule has 220 valence electrons. The molecular formula is C33H39N5O4. The average molecular weight is 570 g/mol. The van der Waals surface area contributed by atoms with Crippen LogP contribution in [-0.4, -0.2) is 66.9 Å². The Morgan fingerprint density at radius 1 is 0.905 bits per heavy atom. The number of fused-ring (bicyclic) bond motifs is 1. The molecule has 0 bridgehead atoms. The first-order valence-corrected chi connectivity index (χ1v) is 14.6. The van der Waals surface area contributed by atoms with E-state index in [0.717, 1.165) is 66.1 Å². The summed E-state index contributed by atoms with van der Waals surface area (Å²) in [5.74, 6) is 0.459. The standard InChI is InChI=1S/C33H39N5O4/c1-42-30-8-6-7-29(24-30)36-19-21-37(22-20-36)33(40)38(18-5-3-2-4-9-32(39)35-41)28-14-12-25(13-15-28)27-11-10-26-16-17-34-31(26)23-27/h6-8,10-17,23-24,34,41H,2-5,9,18-22H2,1H3,(H,35,39). The van der Waals surface area contributed by atoms with Crippen LogP contribution in [0.3, 0.4) is 0 Å². The SMILES string of the molecule is COc1cccc(N2CCN(C(=O)N(CCCCCCC(=O)NO)c3ccc(-c4ccc5cc[nH]c5c4)cc3)CC2)c1. The number of nitrogens with one attached hydrogen (secondary N) is 2. The summed E-state index contributed by atoms with van der Waals surface area (Å²) in [5, 5.41) is 9.87. The summed E-state index contributed by atoms with van der Waals surface area (Å²) in [5.41, 5.74) is 6.96. The molecule has 2 heterocycles. The van der Waals surface area contributed by atoms with Crippen molar-refractivity contribution in [1.82, 2.24) is 15.4 Å². The van der Waals surface area contributed by atoms with Crippen molar-refractivity contribution in [1.29, 1.82) is 0 Å². The molecule has 0 saturated carbocycles. The van der Waals surface area contributed by atoms with Crippen LogP contribution in [0.1, 0.15) is 32.1 Å². The van der Waals surface area contributed by atoms with Crippen molar-refractivity contribution in [2.24, 2.45) is 0 Å². The van der Waals surface area contributed by atoms with E-state index in [1.165, 1.54) is 5.39 Å². The number of hydrogen-bond donors (Lipinski definition) is 3. The van der Waals surface area contributed by atoms with E-state index in [4.69, 9.17) is 9.94 Å². The van der Waals surface area contributed by atoms with E-state index in [2.05, 4.69) is 52.3 Å². The number of hydrogen-bond acceptors (Lipinski definition) is 5. The van der Waals surface area contributed by atoms with Crippen molar-refractivity contribution in [3.63, 3.8) is 0 Å². The van der Waals surface area contributed by atoms with Gasteiger partial charge in [0.1, 0.15) is 5.75 Å². The van der Waals surface area contributed by atoms with E-state index in [9.17, 15) is 9.59 Å². The number of rotatable bonds is 11. The Bertz CT molecular complexity index is 1480. The number of carbonyl (C=O) groups is 2. The predicted molar refractivity (Wildman–Crippen MR) is 166 cm³/mol. The molecule has 3 N–H and O–H groups in total. The summed E-state index contributed by atoms with van der Waals surface area (Å²) >= 11 is 0. The number of hydroxylamine groups is 1. The lowest BCUT2D eigenvalue weighted by atomic mass is 10.0. The summed E-state index contributed by atoms with van der Waals surface area (Å²) in [6.07, 6.45) is 5.51. The minimum Gasteiger partial charge on any atom is -0.497 e. The molecule has 1 aromatic heterocycles. The number of aromatic amines is 1. The fourth-order valence-electron chi connectivity index (χ4n) is 5.50. The zero-order valence-electron chi connectivity index (χ0n) is 24.1. The van der Waals surface area contributed by atoms with Crippen LogP contribution in [0.4, 0.5) is 16.2 Å². The largest absolute Gasteiger partial charge is 0.497 e. The van der Waals surface area contributed by atoms with Gasteiger partial charge in [-0.15, -0.1) is 0 Å². The lowest BCUT2D eigenvalue weighted by Gasteiger charge is -2.38. The van der Waals surface area contributed by atoms with E-state index in [-0.39, 0.29) is 11.9 Å². The van der Waals surface area contributed by atoms with E-state index in [0.29, 0.717) is 32.5 Å². The Kier molecular flexibility index (Phi) is 9.61. The number of ether oxygens (including phenoxy) is 1. The van der Waals surface area contributed by atoms with Gasteiger partial charge < -0.3 is 19.5 Å². The Morgan fingerprint density at radius 2 is 1.67 bits per heavy atom. The van der Waals surface area contributed by atoms with Gasteiger partial charge >= 0.3 is 6.03 Å². The van der Waals surface area contributed by atoms with Crippen LogP contribution in [0.2, 0.25) is 0 Å². The number of piperazine rings is 1. The topological polar surface area (TPSA) is 101 Å². The van der Waals surface area contributed by atoms with Crippen molar-refractivity contribution in [3.8, 4) is 16.9 Å². The molecular weight excluding hydrogens is 530 g/mol. The van der Waals surface area contributed by atoms with Gasteiger partial charge in [0.2, 0.25) is 5.91 Å². The normalized spacial score (nSPS) is 13.3. The van der Waals surface area contributed by atoms with Crippen LogP contribution in [0.5, 0.6) is 5.75 Å². The maximum absolute atomic E-state index is 13.9. The van der Waals surface area contributed by atoms with E-state index < -0.39 is 0 Å². The van der Waals surface area contributed by atoms with E-state index in [1.807, 2.05) is 46.3 Å². The second-order valence-corrected chi connectivity index (χ2v) is 10.6. The maximum atomic E-state index is 13.9. The zero-order chi connectivity index (χ0) is 29.3. The van der Waals surface area contributed by atoms with Crippen LogP contribution in [0.15, 0.2) is 79.0 Å². The third kappa shape index (κ3) is 7.03. The monoisotopic (exact) mass is 569 g/mol. The second kappa shape index (κ2) is 13.9. The Balaban J connectivity index is 1.26. The van der Waals surface area contributed by atoms with Crippen LogP contribution >= 0.6 is 0 Å². The fourth-order valence-corrected chi connectivity index (χ4v) is 5.50. The minimum absolute atomic E-state index is 0.0144. The van der Waals surface area contributed by atoms with Crippen molar-refractivity contribution < 1.29 is 19.5 Å². The number of methoxy groups -OCH3 is 1. The molecule has 9 heteroatoms. The van der Waals surface area contributed by atoms with Crippen molar-refractivity contribution in [3.05, 3.63) is 79.0 Å². The molecule has 0 unspecified atom stereocenters. The Hall–Kier alpha value is -4.50. The number of unbranched alkanes of at least 4 members (excludes halogenated alkanes) is 3. The summed E-state index contributed by atoms with van der Waals surface area (Å²) in [6, 6.07) is 24.7. The number of aromatic nitrogens is 1. The quantitative estimate of drug-likeness (QED) is 0.116. The highest BCUT2D eigenvalue weighted by molar-refractivity contribution is 5.93. The highest BCUT2D eigenvalue weighted by Crippen LogP contribution is 2.28. The average Bonchev–Trinajstić information content (AvgIpc) is 3.52. The van der Waals surface area contributed by atoms with Crippen LogP contribution < -0.4 is 20.0 Å². The van der Waals surface area contributed by atoms with Gasteiger partial charge in [0.25, 0.3) is 0 Å². The number of amides is 3. The fraction of sp³-hybridized carbons (Fsp3) is 0.333. The molecule has 3 amide bonds. The molecule has 0 atom stereocenters. The number of H-pyrrole nitrogens is 1. The maximum Gasteiger partial charge on any atom is 0.324 e. The number of anilines is 2. The zero-order valence-corrected chi connectivity index (χ0v) is 24.1. The van der Waals surface area contributed by atoms with E-state index in [1.54, 1.807) is 12.6 Å². The third-order valence-corrected chi connectivity index (χ3v) is 7.93. The van der Waals surface area contributed by atoms with Crippen LogP contribution in [-0.2, 0) is 4.79 Å². The Labute approximate surface area is 246 Å². The minimum atomic E-state index is -0.365. The summed E-state index contributed by atoms with van der Waals surface area (Å²) < 4.78 is 5.39. The van der Waals surface area contributed by atoms with Gasteiger partial charge in [-0.2, -0.15) is 0 Å². The molecule has 42 heavy (non-hydrogen) atoms. The predicted octanol–water partition coefficient (Wildman–Crippen LogP) is 6.05. The molecule has 1 fully saturated rings. The summed E-state index contributed by atoms with van der Waals surface area (Å²) in [4.78, 5) is 34.6. The number of urea groups is 1. The molecule has 1 aliphatic heterocycles. The highest BCUT2D eigenvalue weighted by Gasteiger charge is 2.26. The van der Waals surface area contributed by atoms with Gasteiger partial charge in [0.15, 0.2) is 0 Å². The number of benzene rings is 3. The molecule has 0 radical (unpaired) electrons. The number of nitrogens with zero attached hydrogens (tertiary/aromatic N) is 3. The molecule has 9 nitrogen and oxygen atoms in total. The molecule has 0 aliphatic carbocycles. The van der Waals surface area contributed by atoms with Crippen molar-refractivity contribution >= 4 is 34.2 Å². The molecule has 1 saturated heterocycles. The lowest BCUT2D eigenvalue weighted by Crippen LogP contribution is -2.53. The summed E-state index contributed by atoms with van der Waals surface area (Å²) in [7, 11) is 1.67. The Morgan fingerprint density at radius 3 is 2.43 bits per heavy atom. The van der Waals surface area contributed by atoms with Crippen LogP contribution in [0.25, 0.3) is 22.0 Å². The first-order chi connectivity index (χ1) is 20.6. The molecule has 5 rings (SSSR count). The highest BCUT2D eigenvalue weighted by atomic mass is 16.5. The lowest BCUT2D eigenvalue weighted by molar-refractivity contribution is -0.129. The summed E-state index contributed by atoms with van der Waals surface area (Å²) in [6.45, 7) is 3.36. The number of carbonyl (C=O) groups excluding carboxylic acids is 2. The molecule has 1 aliphatic rings. The molecule has 4 aromatic rings. The third-order valence-electron chi connectivity index (χ3n) is 7.93. The smallest absolute Gasteiger partial charge is 0.324 e. The molecule has 0 spiro atoms. The first-order valence-electron chi connectivity index (χ1n) is 14.6. The first kappa shape index (κ1) is 29.0. The molecule has 3 aromatic carbocycles. The van der Waals surface area contributed by atoms with Gasteiger partial charge in [0.05, 0.1) is 7.11 Å². The van der Waals surface area contributed by atoms with Crippen LogP contribution in [0, 0.1) is 0 Å². The van der Waals surface area contributed by atoms with Gasteiger partial charge in [-0.1, -0.05) is 43.2 Å². The van der Waals surface area contributed by atoms with Gasteiger partial charge in [-0.3, -0.25) is 14.9 Å². The van der Waals surface area contributed by atoms with Gasteiger partial charge in [0, 0.05) is 68.3 Å². The van der Waals surface area contributed by atoms with E-state index >= 15 is 0 Å². The van der Waals surface area contributed by atoms with Gasteiger partial charge in [-0.05, 0) is 65.8 Å².